The molecular weight excluding hydrogens is 467 g/mol. The second-order valence-corrected chi connectivity index (χ2v) is 9.49. The van der Waals surface area contributed by atoms with Gasteiger partial charge in [-0.2, -0.15) is 10.2 Å². The second kappa shape index (κ2) is 9.19. The van der Waals surface area contributed by atoms with Crippen LogP contribution in [0, 0.1) is 5.82 Å². The Balaban J connectivity index is 1.34. The van der Waals surface area contributed by atoms with Crippen molar-refractivity contribution < 1.29 is 9.18 Å². The van der Waals surface area contributed by atoms with E-state index in [0.717, 1.165) is 30.4 Å². The van der Waals surface area contributed by atoms with Crippen LogP contribution in [0.5, 0.6) is 0 Å². The number of nitrogens with zero attached hydrogens (tertiary/aromatic N) is 4. The topological polar surface area (TPSA) is 90.8 Å². The molecule has 5 rings (SSSR count). The number of hydrogen-bond donors (Lipinski definition) is 2. The number of anilines is 2. The molecule has 0 radical (unpaired) electrons. The van der Waals surface area contributed by atoms with E-state index in [-0.39, 0.29) is 16.8 Å². The first-order valence-corrected chi connectivity index (χ1v) is 11.9. The number of rotatable bonds is 5. The Labute approximate surface area is 207 Å². The van der Waals surface area contributed by atoms with Gasteiger partial charge in [-0.15, -0.1) is 0 Å². The summed E-state index contributed by atoms with van der Waals surface area (Å²) >= 11 is 5.86. The van der Waals surface area contributed by atoms with E-state index >= 15 is 0 Å². The van der Waals surface area contributed by atoms with Gasteiger partial charge in [0.05, 0.1) is 16.9 Å². The summed E-state index contributed by atoms with van der Waals surface area (Å²) in [5.74, 6) is -0.138. The van der Waals surface area contributed by atoms with Crippen molar-refractivity contribution in [1.82, 2.24) is 19.6 Å². The van der Waals surface area contributed by atoms with Crippen LogP contribution < -0.4 is 11.1 Å². The fourth-order valence-electron chi connectivity index (χ4n) is 4.90. The van der Waals surface area contributed by atoms with Gasteiger partial charge in [0.2, 0.25) is 0 Å². The van der Waals surface area contributed by atoms with E-state index < -0.39 is 5.82 Å². The number of carbonyl (C=O) groups excluding carboxylic acids is 1. The third-order valence-corrected chi connectivity index (χ3v) is 7.05. The molecule has 2 atom stereocenters. The molecule has 4 aromatic rings. The summed E-state index contributed by atoms with van der Waals surface area (Å²) in [7, 11) is 3.64. The third-order valence-electron chi connectivity index (χ3n) is 6.76. The number of aryl methyl sites for hydroxylation is 2. The number of nitrogens with two attached hydrogens (primary N) is 1. The highest BCUT2D eigenvalue weighted by molar-refractivity contribution is 6.31. The van der Waals surface area contributed by atoms with E-state index in [1.165, 1.54) is 28.4 Å². The maximum atomic E-state index is 13.5. The minimum atomic E-state index is -0.545. The Morgan fingerprint density at radius 1 is 1.11 bits per heavy atom. The summed E-state index contributed by atoms with van der Waals surface area (Å²) in [6.45, 7) is 0. The van der Waals surface area contributed by atoms with E-state index in [1.54, 1.807) is 11.7 Å². The molecular formula is C26H26ClFN6O. The van der Waals surface area contributed by atoms with Crippen molar-refractivity contribution in [1.29, 1.82) is 0 Å². The predicted molar refractivity (Wildman–Crippen MR) is 135 cm³/mol. The predicted octanol–water partition coefficient (Wildman–Crippen LogP) is 5.50. The lowest BCUT2D eigenvalue weighted by molar-refractivity contribution is 0.102. The number of halogens is 2. The summed E-state index contributed by atoms with van der Waals surface area (Å²) in [6.07, 6.45) is 6.65. The highest BCUT2D eigenvalue weighted by Crippen LogP contribution is 2.45. The van der Waals surface area contributed by atoms with Crippen LogP contribution in [0.1, 0.15) is 52.7 Å². The molecule has 0 spiro atoms. The fraction of sp³-hybridized carbons (Fsp3) is 0.269. The number of nitrogen functional groups attached to an aromatic ring is 1. The minimum absolute atomic E-state index is 0.0598. The third kappa shape index (κ3) is 4.53. The van der Waals surface area contributed by atoms with Crippen molar-refractivity contribution in [2.75, 3.05) is 11.1 Å². The van der Waals surface area contributed by atoms with Gasteiger partial charge in [0.1, 0.15) is 17.2 Å². The maximum absolute atomic E-state index is 13.5. The van der Waals surface area contributed by atoms with Gasteiger partial charge in [-0.05, 0) is 54.5 Å². The number of carbonyl (C=O) groups is 1. The highest BCUT2D eigenvalue weighted by Gasteiger charge is 2.33. The van der Waals surface area contributed by atoms with Crippen LogP contribution >= 0.6 is 11.6 Å². The van der Waals surface area contributed by atoms with Gasteiger partial charge in [0.15, 0.2) is 0 Å². The summed E-state index contributed by atoms with van der Waals surface area (Å²) in [5.41, 5.74) is 11.2. The number of aromatic nitrogens is 4. The largest absolute Gasteiger partial charge is 0.383 e. The van der Waals surface area contributed by atoms with E-state index in [9.17, 15) is 9.18 Å². The molecule has 0 saturated heterocycles. The molecule has 2 aromatic heterocycles. The van der Waals surface area contributed by atoms with Crippen molar-refractivity contribution in [3.05, 3.63) is 82.5 Å². The molecule has 1 saturated carbocycles. The van der Waals surface area contributed by atoms with Gasteiger partial charge in [-0.3, -0.25) is 14.2 Å². The van der Waals surface area contributed by atoms with Crippen LogP contribution in [0.25, 0.3) is 11.1 Å². The van der Waals surface area contributed by atoms with Crippen LogP contribution in [-0.2, 0) is 14.1 Å². The van der Waals surface area contributed by atoms with Crippen molar-refractivity contribution in [2.24, 2.45) is 14.1 Å². The maximum Gasteiger partial charge on any atom is 0.261 e. The fourth-order valence-corrected chi connectivity index (χ4v) is 5.08. The molecule has 35 heavy (non-hydrogen) atoms. The molecule has 2 aromatic carbocycles. The van der Waals surface area contributed by atoms with Crippen LogP contribution in [0.15, 0.2) is 54.9 Å². The van der Waals surface area contributed by atoms with Crippen LogP contribution in [0.4, 0.5) is 15.9 Å². The lowest BCUT2D eigenvalue weighted by Crippen LogP contribution is -2.16. The zero-order valence-electron chi connectivity index (χ0n) is 19.5. The standard InChI is InChI=1S/C26H26ClFN6O/c1-33-14-19(13-30-33)16-5-3-15(4-6-16)17-7-8-18(11-17)24-23(25(29)34(2)32-24)26(35)31-20-9-10-22(28)21(27)12-20/h3-6,9-10,12-14,17-18H,7-8,11,29H2,1-2H3,(H,31,35)/t17-,18+/m0/s1. The molecule has 1 amide bonds. The molecule has 2 heterocycles. The molecule has 1 aliphatic rings. The SMILES string of the molecule is Cn1cc(-c2ccc([C@H]3CC[C@@H](c4nn(C)c(N)c4C(=O)Nc4ccc(F)c(Cl)c4)C3)cc2)cn1. The van der Waals surface area contributed by atoms with Crippen molar-refractivity contribution >= 4 is 29.0 Å². The Morgan fingerprint density at radius 3 is 2.54 bits per heavy atom. The van der Waals surface area contributed by atoms with Gasteiger partial charge < -0.3 is 11.1 Å². The van der Waals surface area contributed by atoms with E-state index in [2.05, 4.69) is 39.8 Å². The molecule has 1 aliphatic carbocycles. The quantitative estimate of drug-likeness (QED) is 0.385. The number of benzene rings is 2. The molecule has 180 valence electrons. The van der Waals surface area contributed by atoms with Gasteiger partial charge >= 0.3 is 0 Å². The summed E-state index contributed by atoms with van der Waals surface area (Å²) in [4.78, 5) is 13.2. The first-order chi connectivity index (χ1) is 16.8. The molecule has 0 aliphatic heterocycles. The van der Waals surface area contributed by atoms with E-state index in [1.807, 2.05) is 19.4 Å². The Hall–Kier alpha value is -3.65. The zero-order valence-corrected chi connectivity index (χ0v) is 20.3. The molecule has 0 bridgehead atoms. The zero-order chi connectivity index (χ0) is 24.7. The van der Waals surface area contributed by atoms with E-state index in [4.69, 9.17) is 17.3 Å². The first kappa shape index (κ1) is 23.1. The monoisotopic (exact) mass is 492 g/mol. The van der Waals surface area contributed by atoms with Crippen LogP contribution in [0.2, 0.25) is 5.02 Å². The van der Waals surface area contributed by atoms with Crippen LogP contribution in [0.3, 0.4) is 0 Å². The summed E-state index contributed by atoms with van der Waals surface area (Å²) < 4.78 is 16.8. The van der Waals surface area contributed by atoms with Crippen molar-refractivity contribution in [3.63, 3.8) is 0 Å². The first-order valence-electron chi connectivity index (χ1n) is 11.5. The summed E-state index contributed by atoms with van der Waals surface area (Å²) in [6, 6.07) is 12.7. The number of amides is 1. The number of hydrogen-bond acceptors (Lipinski definition) is 4. The molecule has 1 fully saturated rings. The molecule has 9 heteroatoms. The van der Waals surface area contributed by atoms with Crippen LogP contribution in [-0.4, -0.2) is 25.5 Å². The number of nitrogens with one attached hydrogen (secondary N) is 1. The average Bonchev–Trinajstić information content (AvgIpc) is 3.56. The molecule has 0 unspecified atom stereocenters. The second-order valence-electron chi connectivity index (χ2n) is 9.08. The lowest BCUT2D eigenvalue weighted by Gasteiger charge is -2.13. The minimum Gasteiger partial charge on any atom is -0.383 e. The van der Waals surface area contributed by atoms with Crippen molar-refractivity contribution in [2.45, 2.75) is 31.1 Å². The smallest absolute Gasteiger partial charge is 0.261 e. The Bertz CT molecular complexity index is 1390. The van der Waals surface area contributed by atoms with Gasteiger partial charge in [-0.25, -0.2) is 4.39 Å². The lowest BCUT2D eigenvalue weighted by atomic mass is 9.93. The highest BCUT2D eigenvalue weighted by atomic mass is 35.5. The Kier molecular flexibility index (Phi) is 6.06. The van der Waals surface area contributed by atoms with Crippen molar-refractivity contribution in [3.8, 4) is 11.1 Å². The van der Waals surface area contributed by atoms with Gasteiger partial charge in [0, 0.05) is 37.5 Å². The normalized spacial score (nSPS) is 17.6. The summed E-state index contributed by atoms with van der Waals surface area (Å²) in [5, 5.41) is 11.6. The Morgan fingerprint density at radius 2 is 1.86 bits per heavy atom. The van der Waals surface area contributed by atoms with E-state index in [0.29, 0.717) is 28.7 Å². The molecule has 3 N–H and O–H groups in total. The average molecular weight is 493 g/mol. The van der Waals surface area contributed by atoms with Gasteiger partial charge in [0.25, 0.3) is 5.91 Å². The van der Waals surface area contributed by atoms with Gasteiger partial charge in [-0.1, -0.05) is 35.9 Å². The molecule has 7 nitrogen and oxygen atoms in total.